The van der Waals surface area contributed by atoms with Gasteiger partial charge in [-0.2, -0.15) is 0 Å². The van der Waals surface area contributed by atoms with Crippen LogP contribution in [0.5, 0.6) is 0 Å². The van der Waals surface area contributed by atoms with E-state index >= 15 is 0 Å². The van der Waals surface area contributed by atoms with E-state index in [2.05, 4.69) is 5.32 Å². The predicted molar refractivity (Wildman–Crippen MR) is 55.9 cm³/mol. The lowest BCUT2D eigenvalue weighted by Crippen LogP contribution is -2.48. The fourth-order valence-corrected chi connectivity index (χ4v) is 1.68. The molecule has 0 aromatic carbocycles. The molecule has 1 aliphatic carbocycles. The second-order valence-electron chi connectivity index (χ2n) is 3.67. The first kappa shape index (κ1) is 9.86. The number of amides is 1. The monoisotopic (exact) mass is 214 g/mol. The first-order valence-electron chi connectivity index (χ1n) is 4.95. The van der Waals surface area contributed by atoms with Crippen LogP contribution in [0.15, 0.2) is 0 Å². The number of nitrogens with zero attached hydrogens (tertiary/aromatic N) is 1. The summed E-state index contributed by atoms with van der Waals surface area (Å²) in [5.74, 6) is 0.301. The van der Waals surface area contributed by atoms with Crippen molar-refractivity contribution in [2.45, 2.75) is 12.8 Å². The zero-order valence-electron chi connectivity index (χ0n) is 7.99. The molecule has 1 amide bonds. The lowest BCUT2D eigenvalue weighted by Gasteiger charge is -2.28. The number of carbonyl (C=O) groups is 1. The molecule has 2 fully saturated rings. The SMILES string of the molecule is O=C(NC(=S)N1CCOCC1)C1CC1. The largest absolute Gasteiger partial charge is 0.378 e. The van der Waals surface area contributed by atoms with Crippen LogP contribution in [0.25, 0.3) is 0 Å². The van der Waals surface area contributed by atoms with Gasteiger partial charge in [-0.25, -0.2) is 0 Å². The molecule has 1 heterocycles. The second kappa shape index (κ2) is 4.23. The first-order chi connectivity index (χ1) is 6.77. The zero-order chi connectivity index (χ0) is 9.97. The predicted octanol–water partition coefficient (Wildman–Crippen LogP) is 0.130. The lowest BCUT2D eigenvalue weighted by molar-refractivity contribution is -0.121. The van der Waals surface area contributed by atoms with Crippen LogP contribution in [0, 0.1) is 5.92 Å². The Balaban J connectivity index is 1.78. The Hall–Kier alpha value is -0.680. The van der Waals surface area contributed by atoms with E-state index < -0.39 is 0 Å². The minimum Gasteiger partial charge on any atom is -0.378 e. The van der Waals surface area contributed by atoms with Crippen LogP contribution >= 0.6 is 12.2 Å². The van der Waals surface area contributed by atoms with Crippen molar-refractivity contribution in [2.75, 3.05) is 26.3 Å². The Labute approximate surface area is 88.6 Å². The molecule has 2 aliphatic rings. The molecule has 1 aliphatic heterocycles. The summed E-state index contributed by atoms with van der Waals surface area (Å²) in [7, 11) is 0. The van der Waals surface area contributed by atoms with Crippen LogP contribution in [-0.4, -0.2) is 42.2 Å². The van der Waals surface area contributed by atoms with Gasteiger partial charge in [-0.1, -0.05) is 0 Å². The zero-order valence-corrected chi connectivity index (χ0v) is 8.81. The van der Waals surface area contributed by atoms with E-state index in [4.69, 9.17) is 17.0 Å². The maximum Gasteiger partial charge on any atom is 0.229 e. The summed E-state index contributed by atoms with van der Waals surface area (Å²) in [4.78, 5) is 13.4. The standard InChI is InChI=1S/C9H14N2O2S/c12-8(7-1-2-7)10-9(14)11-3-5-13-6-4-11/h7H,1-6H2,(H,10,12,14). The number of hydrogen-bond donors (Lipinski definition) is 1. The van der Waals surface area contributed by atoms with Gasteiger partial charge < -0.3 is 15.0 Å². The van der Waals surface area contributed by atoms with Gasteiger partial charge >= 0.3 is 0 Å². The molecule has 78 valence electrons. The number of thiocarbonyl (C=S) groups is 1. The van der Waals surface area contributed by atoms with E-state index in [1.54, 1.807) is 0 Å². The van der Waals surface area contributed by atoms with Gasteiger partial charge in [0, 0.05) is 19.0 Å². The lowest BCUT2D eigenvalue weighted by atomic mass is 10.4. The summed E-state index contributed by atoms with van der Waals surface area (Å²) >= 11 is 5.14. The van der Waals surface area contributed by atoms with E-state index in [1.165, 1.54) is 0 Å². The normalized spacial score (nSPS) is 21.9. The summed E-state index contributed by atoms with van der Waals surface area (Å²) in [6.45, 7) is 2.95. The molecule has 2 rings (SSSR count). The smallest absolute Gasteiger partial charge is 0.229 e. The van der Waals surface area contributed by atoms with E-state index in [0.717, 1.165) is 25.9 Å². The highest BCUT2D eigenvalue weighted by molar-refractivity contribution is 7.80. The topological polar surface area (TPSA) is 41.6 Å². The number of ether oxygens (including phenoxy) is 1. The van der Waals surface area contributed by atoms with Crippen LogP contribution in [0.1, 0.15) is 12.8 Å². The minimum atomic E-state index is 0.0847. The van der Waals surface area contributed by atoms with Gasteiger partial charge in [0.2, 0.25) is 5.91 Å². The van der Waals surface area contributed by atoms with Crippen molar-refractivity contribution in [1.29, 1.82) is 0 Å². The number of nitrogens with one attached hydrogen (secondary N) is 1. The molecule has 0 radical (unpaired) electrons. The van der Waals surface area contributed by atoms with Crippen LogP contribution < -0.4 is 5.32 Å². The van der Waals surface area contributed by atoms with E-state index in [9.17, 15) is 4.79 Å². The van der Waals surface area contributed by atoms with E-state index in [0.29, 0.717) is 18.3 Å². The van der Waals surface area contributed by atoms with Gasteiger partial charge in [0.1, 0.15) is 0 Å². The second-order valence-corrected chi connectivity index (χ2v) is 4.05. The van der Waals surface area contributed by atoms with Gasteiger partial charge in [-0.3, -0.25) is 4.79 Å². The first-order valence-corrected chi connectivity index (χ1v) is 5.36. The number of morpholine rings is 1. The average molecular weight is 214 g/mol. The third-order valence-corrected chi connectivity index (χ3v) is 2.84. The molecule has 0 atom stereocenters. The van der Waals surface area contributed by atoms with Crippen LogP contribution in [0.2, 0.25) is 0 Å². The molecule has 14 heavy (non-hydrogen) atoms. The quantitative estimate of drug-likeness (QED) is 0.630. The molecular formula is C9H14N2O2S. The molecular weight excluding hydrogens is 200 g/mol. The Morgan fingerprint density at radius 1 is 1.36 bits per heavy atom. The molecule has 4 nitrogen and oxygen atoms in total. The van der Waals surface area contributed by atoms with Crippen molar-refractivity contribution >= 4 is 23.2 Å². The Kier molecular flexibility index (Phi) is 2.98. The van der Waals surface area contributed by atoms with Gasteiger partial charge in [-0.05, 0) is 25.1 Å². The van der Waals surface area contributed by atoms with Crippen LogP contribution in [0.3, 0.4) is 0 Å². The van der Waals surface area contributed by atoms with Crippen molar-refractivity contribution in [3.05, 3.63) is 0 Å². The van der Waals surface area contributed by atoms with E-state index in [-0.39, 0.29) is 11.8 Å². The Morgan fingerprint density at radius 2 is 2.00 bits per heavy atom. The minimum absolute atomic E-state index is 0.0847. The molecule has 1 N–H and O–H groups in total. The fourth-order valence-electron chi connectivity index (χ4n) is 1.40. The summed E-state index contributed by atoms with van der Waals surface area (Å²) in [6, 6.07) is 0. The van der Waals surface area contributed by atoms with Crippen molar-refractivity contribution < 1.29 is 9.53 Å². The maximum atomic E-state index is 11.4. The molecule has 1 saturated carbocycles. The van der Waals surface area contributed by atoms with Crippen molar-refractivity contribution in [3.8, 4) is 0 Å². The van der Waals surface area contributed by atoms with Crippen molar-refractivity contribution in [1.82, 2.24) is 10.2 Å². The van der Waals surface area contributed by atoms with E-state index in [1.807, 2.05) is 4.90 Å². The maximum absolute atomic E-state index is 11.4. The highest BCUT2D eigenvalue weighted by Crippen LogP contribution is 2.28. The number of hydrogen-bond acceptors (Lipinski definition) is 3. The molecule has 0 aromatic rings. The fraction of sp³-hybridized carbons (Fsp3) is 0.778. The highest BCUT2D eigenvalue weighted by Gasteiger charge is 2.30. The summed E-state index contributed by atoms with van der Waals surface area (Å²) in [6.07, 6.45) is 2.02. The van der Waals surface area contributed by atoms with Crippen LogP contribution in [-0.2, 0) is 9.53 Å². The average Bonchev–Trinajstić information content (AvgIpc) is 3.02. The Morgan fingerprint density at radius 3 is 2.57 bits per heavy atom. The van der Waals surface area contributed by atoms with Crippen molar-refractivity contribution in [2.24, 2.45) is 5.92 Å². The molecule has 0 bridgehead atoms. The summed E-state index contributed by atoms with van der Waals surface area (Å²) < 4.78 is 5.20. The van der Waals surface area contributed by atoms with Gasteiger partial charge in [0.05, 0.1) is 13.2 Å². The highest BCUT2D eigenvalue weighted by atomic mass is 32.1. The Bertz CT molecular complexity index is 247. The summed E-state index contributed by atoms with van der Waals surface area (Å²) in [5.41, 5.74) is 0. The van der Waals surface area contributed by atoms with Gasteiger partial charge in [0.15, 0.2) is 5.11 Å². The molecule has 5 heteroatoms. The molecule has 0 spiro atoms. The molecule has 1 saturated heterocycles. The number of rotatable bonds is 1. The van der Waals surface area contributed by atoms with Crippen molar-refractivity contribution in [3.63, 3.8) is 0 Å². The number of carbonyl (C=O) groups excluding carboxylic acids is 1. The summed E-state index contributed by atoms with van der Waals surface area (Å²) in [5, 5.41) is 3.33. The molecule has 0 aromatic heterocycles. The molecule has 0 unspecified atom stereocenters. The van der Waals surface area contributed by atoms with Crippen LogP contribution in [0.4, 0.5) is 0 Å². The third-order valence-electron chi connectivity index (χ3n) is 2.48. The van der Waals surface area contributed by atoms with Gasteiger partial charge in [-0.15, -0.1) is 0 Å². The third kappa shape index (κ3) is 2.42. The van der Waals surface area contributed by atoms with Gasteiger partial charge in [0.25, 0.3) is 0 Å².